The van der Waals surface area contributed by atoms with Crippen LogP contribution in [0, 0.1) is 23.2 Å². The number of allylic oxidation sites excluding steroid dienone is 1. The van der Waals surface area contributed by atoms with Crippen LogP contribution in [0.4, 0.5) is 0 Å². The van der Waals surface area contributed by atoms with Crippen LogP contribution < -0.4 is 0 Å². The largest absolute Gasteiger partial charge is 0.388 e. The molecule has 1 saturated carbocycles. The highest BCUT2D eigenvalue weighted by Gasteiger charge is 2.49. The van der Waals surface area contributed by atoms with E-state index in [4.69, 9.17) is 0 Å². The van der Waals surface area contributed by atoms with Crippen LogP contribution in [0.15, 0.2) is 24.3 Å². The molecule has 0 aromatic carbocycles. The molecule has 1 heteroatoms. The Morgan fingerprint density at radius 1 is 1.44 bits per heavy atom. The molecule has 1 spiro atoms. The zero-order chi connectivity index (χ0) is 11.9. The van der Waals surface area contributed by atoms with Crippen molar-refractivity contribution in [2.24, 2.45) is 23.2 Å². The van der Waals surface area contributed by atoms with Crippen molar-refractivity contribution in [1.29, 1.82) is 0 Å². The Labute approximate surface area is 99.3 Å². The van der Waals surface area contributed by atoms with Gasteiger partial charge in [0, 0.05) is 0 Å². The van der Waals surface area contributed by atoms with Gasteiger partial charge in [0.05, 0.1) is 6.10 Å². The topological polar surface area (TPSA) is 20.2 Å². The van der Waals surface area contributed by atoms with Gasteiger partial charge >= 0.3 is 0 Å². The smallest absolute Gasteiger partial charge is 0.0792 e. The summed E-state index contributed by atoms with van der Waals surface area (Å²) in [6.07, 6.45) is 7.57. The molecule has 2 aliphatic carbocycles. The van der Waals surface area contributed by atoms with Crippen LogP contribution in [0.25, 0.3) is 0 Å². The summed E-state index contributed by atoms with van der Waals surface area (Å²) in [5, 5.41) is 10.1. The van der Waals surface area contributed by atoms with E-state index in [2.05, 4.69) is 39.5 Å². The maximum Gasteiger partial charge on any atom is 0.0792 e. The van der Waals surface area contributed by atoms with Gasteiger partial charge in [-0.2, -0.15) is 0 Å². The molecule has 1 nitrogen and oxygen atoms in total. The van der Waals surface area contributed by atoms with E-state index in [1.54, 1.807) is 0 Å². The number of aliphatic hydroxyl groups is 1. The Bertz CT molecular complexity index is 315. The summed E-state index contributed by atoms with van der Waals surface area (Å²) < 4.78 is 0. The number of aliphatic hydroxyl groups excluding tert-OH is 1. The summed E-state index contributed by atoms with van der Waals surface area (Å²) in [4.78, 5) is 0. The van der Waals surface area contributed by atoms with Gasteiger partial charge in [-0.1, -0.05) is 39.5 Å². The Morgan fingerprint density at radius 3 is 2.69 bits per heavy atom. The number of hydrogen-bond acceptors (Lipinski definition) is 1. The molecule has 90 valence electrons. The second kappa shape index (κ2) is 4.03. The van der Waals surface area contributed by atoms with Crippen molar-refractivity contribution in [2.45, 2.75) is 46.1 Å². The third kappa shape index (κ3) is 1.66. The summed E-state index contributed by atoms with van der Waals surface area (Å²) in [5.74, 6) is 2.12. The average molecular weight is 220 g/mol. The van der Waals surface area contributed by atoms with Gasteiger partial charge in [-0.15, -0.1) is 0 Å². The fraction of sp³-hybridized carbons (Fsp3) is 0.733. The second-order valence-corrected chi connectivity index (χ2v) is 6.07. The minimum Gasteiger partial charge on any atom is -0.388 e. The highest BCUT2D eigenvalue weighted by Crippen LogP contribution is 2.56. The molecule has 0 heterocycles. The maximum atomic E-state index is 10.1. The Balaban J connectivity index is 2.34. The van der Waals surface area contributed by atoms with Crippen LogP contribution in [0.1, 0.15) is 40.0 Å². The SMILES string of the molecule is C=C1C=C[C@]2(C[C@H]1O)[C@H](C)CC[C@@H]2C(C)C. The first-order valence-electron chi connectivity index (χ1n) is 6.53. The standard InChI is InChI=1S/C15H24O/c1-10(2)13-6-5-12(4)15(13)8-7-11(3)14(16)9-15/h7-8,10,12-14,16H,3,5-6,9H2,1-2,4H3/t12-,13-,14-,15+/m1/s1. The molecule has 0 aromatic heterocycles. The van der Waals surface area contributed by atoms with Gasteiger partial charge in [0.2, 0.25) is 0 Å². The first kappa shape index (κ1) is 11.9. The molecule has 0 radical (unpaired) electrons. The lowest BCUT2D eigenvalue weighted by Gasteiger charge is -2.43. The predicted molar refractivity (Wildman–Crippen MR) is 68.1 cm³/mol. The predicted octanol–water partition coefficient (Wildman–Crippen LogP) is 3.55. The first-order chi connectivity index (χ1) is 7.47. The van der Waals surface area contributed by atoms with Crippen molar-refractivity contribution in [3.05, 3.63) is 24.3 Å². The van der Waals surface area contributed by atoms with Crippen molar-refractivity contribution < 1.29 is 5.11 Å². The molecule has 0 saturated heterocycles. The van der Waals surface area contributed by atoms with Crippen molar-refractivity contribution in [2.75, 3.05) is 0 Å². The molecule has 0 amide bonds. The van der Waals surface area contributed by atoms with Gasteiger partial charge < -0.3 is 5.11 Å². The molecule has 0 aromatic rings. The van der Waals surface area contributed by atoms with Crippen LogP contribution >= 0.6 is 0 Å². The summed E-state index contributed by atoms with van der Waals surface area (Å²) in [5.41, 5.74) is 1.11. The monoisotopic (exact) mass is 220 g/mol. The summed E-state index contributed by atoms with van der Waals surface area (Å²) in [6.45, 7) is 10.9. The van der Waals surface area contributed by atoms with Crippen LogP contribution in [-0.4, -0.2) is 11.2 Å². The minimum atomic E-state index is -0.327. The Kier molecular flexibility index (Phi) is 3.00. The third-order valence-corrected chi connectivity index (χ3v) is 4.91. The van der Waals surface area contributed by atoms with Crippen LogP contribution in [0.3, 0.4) is 0 Å². The third-order valence-electron chi connectivity index (χ3n) is 4.91. The van der Waals surface area contributed by atoms with Crippen molar-refractivity contribution >= 4 is 0 Å². The fourth-order valence-electron chi connectivity index (χ4n) is 3.83. The molecule has 1 N–H and O–H groups in total. The lowest BCUT2D eigenvalue weighted by atomic mass is 9.63. The second-order valence-electron chi connectivity index (χ2n) is 6.07. The molecule has 2 aliphatic rings. The Morgan fingerprint density at radius 2 is 2.12 bits per heavy atom. The van der Waals surface area contributed by atoms with Crippen molar-refractivity contribution in [1.82, 2.24) is 0 Å². The van der Waals surface area contributed by atoms with E-state index < -0.39 is 0 Å². The molecule has 0 unspecified atom stereocenters. The first-order valence-corrected chi connectivity index (χ1v) is 6.53. The van der Waals surface area contributed by atoms with Crippen LogP contribution in [0.5, 0.6) is 0 Å². The normalized spacial score (nSPS) is 43.6. The molecule has 0 aliphatic heterocycles. The van der Waals surface area contributed by atoms with Crippen LogP contribution in [-0.2, 0) is 0 Å². The molecule has 0 bridgehead atoms. The van der Waals surface area contributed by atoms with E-state index in [1.807, 2.05) is 0 Å². The van der Waals surface area contributed by atoms with Gasteiger partial charge in [-0.05, 0) is 48.0 Å². The van der Waals surface area contributed by atoms with Crippen LogP contribution in [0.2, 0.25) is 0 Å². The fourth-order valence-corrected chi connectivity index (χ4v) is 3.83. The summed E-state index contributed by atoms with van der Waals surface area (Å²) in [6, 6.07) is 0. The minimum absolute atomic E-state index is 0.231. The van der Waals surface area contributed by atoms with E-state index >= 15 is 0 Å². The van der Waals surface area contributed by atoms with E-state index in [0.717, 1.165) is 17.9 Å². The zero-order valence-corrected chi connectivity index (χ0v) is 10.7. The van der Waals surface area contributed by atoms with E-state index in [1.165, 1.54) is 12.8 Å². The molecular formula is C15H24O. The van der Waals surface area contributed by atoms with Gasteiger partial charge in [-0.25, -0.2) is 0 Å². The Hall–Kier alpha value is -0.560. The number of hydrogen-bond donors (Lipinski definition) is 1. The molecule has 16 heavy (non-hydrogen) atoms. The lowest BCUT2D eigenvalue weighted by molar-refractivity contribution is 0.0764. The highest BCUT2D eigenvalue weighted by atomic mass is 16.3. The van der Waals surface area contributed by atoms with E-state index in [0.29, 0.717) is 11.8 Å². The zero-order valence-electron chi connectivity index (χ0n) is 10.7. The summed E-state index contributed by atoms with van der Waals surface area (Å²) in [7, 11) is 0. The summed E-state index contributed by atoms with van der Waals surface area (Å²) >= 11 is 0. The van der Waals surface area contributed by atoms with Crippen molar-refractivity contribution in [3.63, 3.8) is 0 Å². The molecule has 1 fully saturated rings. The number of rotatable bonds is 1. The average Bonchev–Trinajstić information content (AvgIpc) is 2.51. The lowest BCUT2D eigenvalue weighted by Crippen LogP contribution is -2.38. The van der Waals surface area contributed by atoms with E-state index in [9.17, 15) is 5.11 Å². The van der Waals surface area contributed by atoms with Crippen molar-refractivity contribution in [3.8, 4) is 0 Å². The van der Waals surface area contributed by atoms with Gasteiger partial charge in [0.1, 0.15) is 0 Å². The molecule has 4 atom stereocenters. The van der Waals surface area contributed by atoms with Gasteiger partial charge in [0.25, 0.3) is 0 Å². The molecule has 2 rings (SSSR count). The van der Waals surface area contributed by atoms with E-state index in [-0.39, 0.29) is 11.5 Å². The maximum absolute atomic E-state index is 10.1. The van der Waals surface area contributed by atoms with Gasteiger partial charge in [0.15, 0.2) is 0 Å². The highest BCUT2D eigenvalue weighted by molar-refractivity contribution is 5.29. The quantitative estimate of drug-likeness (QED) is 0.716. The molecular weight excluding hydrogens is 196 g/mol. The van der Waals surface area contributed by atoms with Gasteiger partial charge in [-0.3, -0.25) is 0 Å².